The predicted molar refractivity (Wildman–Crippen MR) is 250 cm³/mol. The molecule has 0 aromatic carbocycles. The van der Waals surface area contributed by atoms with E-state index in [1.165, 1.54) is 16.7 Å². The molecule has 2 aliphatic carbocycles. The lowest BCUT2D eigenvalue weighted by Crippen LogP contribution is -2.60. The number of hydrogen-bond donors (Lipinski definition) is 3. The minimum absolute atomic E-state index is 0.103. The van der Waals surface area contributed by atoms with Crippen molar-refractivity contribution >= 4 is 36.0 Å². The van der Waals surface area contributed by atoms with Crippen LogP contribution in [-0.2, 0) is 47.6 Å². The molecule has 2 aliphatic heterocycles. The van der Waals surface area contributed by atoms with E-state index in [0.717, 1.165) is 45.3 Å². The lowest BCUT2D eigenvalue weighted by molar-refractivity contribution is -0.192. The fraction of sp³-hybridized carbons (Fsp3) is 0.773. The van der Waals surface area contributed by atoms with Crippen LogP contribution >= 0.6 is 0 Å². The van der Waals surface area contributed by atoms with E-state index >= 15 is 0 Å². The normalized spacial score (nSPS) is 23.8. The molecule has 4 rings (SSSR count). The van der Waals surface area contributed by atoms with Gasteiger partial charge in [-0.1, -0.05) is 36.2 Å². The molecule has 3 amide bonds. The number of allylic oxidation sites excluding steroid dienone is 1. The van der Waals surface area contributed by atoms with Gasteiger partial charge in [-0.15, -0.1) is 0 Å². The Morgan fingerprint density at radius 3 is 1.76 bits per heavy atom. The van der Waals surface area contributed by atoms with E-state index in [0.29, 0.717) is 43.9 Å². The van der Waals surface area contributed by atoms with Crippen LogP contribution in [0.2, 0.25) is 0 Å². The summed E-state index contributed by atoms with van der Waals surface area (Å²) >= 11 is 0. The number of carbonyl (C=O) groups excluding carboxylic acids is 5. The number of esters is 2. The molecule has 0 aromatic heterocycles. The number of aliphatic carboxylic acids is 1. The molecule has 402 valence electrons. The monoisotopic (exact) mass is 1020 g/mol. The van der Waals surface area contributed by atoms with Gasteiger partial charge < -0.3 is 54.0 Å². The number of likely N-dealkylation sites (tertiary alicyclic amines) is 1. The zero-order valence-corrected chi connectivity index (χ0v) is 42.1. The summed E-state index contributed by atoms with van der Waals surface area (Å²) in [6, 6.07) is -1.63. The topological polar surface area (TPSA) is 309 Å². The van der Waals surface area contributed by atoms with Crippen LogP contribution < -0.4 is 10.6 Å². The molecule has 0 spiro atoms. The van der Waals surface area contributed by atoms with Crippen molar-refractivity contribution in [2.75, 3.05) is 94.0 Å². The standard InChI is InChI=1S/C21H34N6O6.C11H17N3O2.C10H20N2O3.C2HF3O2/c1-5-31-20(29)15-11-17(24-25-22)19(23-14(2)28)18(12-15)27-8-6-7-16(13-27)32-9-10-33-21(30)26(3)4;1-4-16-11(15)9-5-7(2)8(3)10(6-9)13-14-12;1-12(2)10(13)15-7-6-14-9-4-3-5-11-8-9;3-2(4,5)1(6)7/h12,16-19H,5-11,13H2,1-4H3,(H,23,28);5,7-8,10H,4,6H2,1-3H3;9,11H,3-8H2,1-2H3;(H,6,7)/t16-,17-,18+,19+;7-,8+,10+;9-;/m010./s1. The number of piperidine rings is 2. The number of carboxylic acid groups (broad SMARTS) is 1. The summed E-state index contributed by atoms with van der Waals surface area (Å²) < 4.78 is 63.4. The highest BCUT2D eigenvalue weighted by molar-refractivity contribution is 5.89. The fourth-order valence-electron chi connectivity index (χ4n) is 7.43. The maximum Gasteiger partial charge on any atom is 0.490 e. The van der Waals surface area contributed by atoms with Gasteiger partial charge in [0.1, 0.15) is 13.2 Å². The Hall–Kier alpha value is -5.85. The summed E-state index contributed by atoms with van der Waals surface area (Å²) in [4.78, 5) is 78.0. The molecule has 3 N–H and O–H groups in total. The Morgan fingerprint density at radius 2 is 1.30 bits per heavy atom. The minimum Gasteiger partial charge on any atom is -0.475 e. The Kier molecular flexibility index (Phi) is 30.0. The van der Waals surface area contributed by atoms with Crippen molar-refractivity contribution in [3.05, 3.63) is 44.2 Å². The molecule has 0 aromatic rings. The van der Waals surface area contributed by atoms with Crippen molar-refractivity contribution in [3.63, 3.8) is 0 Å². The molecule has 71 heavy (non-hydrogen) atoms. The third-order valence-electron chi connectivity index (χ3n) is 11.1. The van der Waals surface area contributed by atoms with Crippen LogP contribution in [0.4, 0.5) is 22.8 Å². The van der Waals surface area contributed by atoms with E-state index in [9.17, 15) is 37.1 Å². The van der Waals surface area contributed by atoms with Crippen LogP contribution in [0.25, 0.3) is 20.9 Å². The molecule has 8 atom stereocenters. The van der Waals surface area contributed by atoms with Crippen molar-refractivity contribution in [2.24, 2.45) is 22.1 Å². The van der Waals surface area contributed by atoms with Crippen molar-refractivity contribution in [1.82, 2.24) is 25.3 Å². The molecule has 2 saturated heterocycles. The lowest BCUT2D eigenvalue weighted by Gasteiger charge is -2.44. The highest BCUT2D eigenvalue weighted by atomic mass is 19.4. The van der Waals surface area contributed by atoms with E-state index < -0.39 is 36.3 Å². The summed E-state index contributed by atoms with van der Waals surface area (Å²) in [6.07, 6.45) is 2.68. The smallest absolute Gasteiger partial charge is 0.475 e. The van der Waals surface area contributed by atoms with Crippen molar-refractivity contribution in [3.8, 4) is 0 Å². The number of carbonyl (C=O) groups is 6. The van der Waals surface area contributed by atoms with Crippen LogP contribution in [-0.4, -0.2) is 192 Å². The van der Waals surface area contributed by atoms with E-state index in [1.54, 1.807) is 42.0 Å². The Labute approximate surface area is 412 Å². The van der Waals surface area contributed by atoms with Crippen molar-refractivity contribution < 1.29 is 75.5 Å². The molecule has 2 heterocycles. The maximum absolute atomic E-state index is 12.4. The van der Waals surface area contributed by atoms with Gasteiger partial charge in [0.05, 0.1) is 50.7 Å². The lowest BCUT2D eigenvalue weighted by atomic mass is 9.79. The van der Waals surface area contributed by atoms with Crippen LogP contribution in [0.1, 0.15) is 73.1 Å². The van der Waals surface area contributed by atoms with Gasteiger partial charge in [0.25, 0.3) is 0 Å². The van der Waals surface area contributed by atoms with Gasteiger partial charge in [0.2, 0.25) is 5.91 Å². The SMILES string of the molecule is CCOC(=O)C1=C[C@@H](C)[C@H](C)[C@@H](N=[N+]=[N-])C1.CCOC(=O)C1=C[C@@H](N2CCC[C@H](OCCOC(=O)N(C)C)C2)[C@H](NC(C)=O)[C@@H](N=[N+]=[N-])C1.CN(C)C(=O)OCCO[C@H]1CCCNC1.O=C(O)C(F)(F)F. The number of halogens is 3. The molecule has 2 fully saturated rings. The Balaban J connectivity index is 0.000000549. The van der Waals surface area contributed by atoms with Gasteiger partial charge in [-0.25, -0.2) is 24.0 Å². The number of azide groups is 2. The van der Waals surface area contributed by atoms with Gasteiger partial charge in [-0.05, 0) is 88.4 Å². The van der Waals surface area contributed by atoms with E-state index in [2.05, 4.69) is 35.6 Å². The fourth-order valence-corrected chi connectivity index (χ4v) is 7.43. The molecule has 0 bridgehead atoms. The van der Waals surface area contributed by atoms with Crippen molar-refractivity contribution in [2.45, 2.75) is 116 Å². The third kappa shape index (κ3) is 24.7. The quantitative estimate of drug-likeness (QED) is 0.0428. The zero-order chi connectivity index (χ0) is 53.7. The first kappa shape index (κ1) is 63.2. The average molecular weight is 1020 g/mol. The molecular formula is C44H72F3N11O13. The summed E-state index contributed by atoms with van der Waals surface area (Å²) in [5.74, 6) is -3.26. The van der Waals surface area contributed by atoms with Gasteiger partial charge in [0, 0.05) is 81.3 Å². The highest BCUT2D eigenvalue weighted by Gasteiger charge is 2.41. The summed E-state index contributed by atoms with van der Waals surface area (Å²) in [5.41, 5.74) is 18.6. The van der Waals surface area contributed by atoms with Gasteiger partial charge in [0.15, 0.2) is 0 Å². The van der Waals surface area contributed by atoms with Crippen molar-refractivity contribution in [1.29, 1.82) is 0 Å². The zero-order valence-electron chi connectivity index (χ0n) is 42.1. The van der Waals surface area contributed by atoms with Crippen LogP contribution in [0.15, 0.2) is 33.5 Å². The summed E-state index contributed by atoms with van der Waals surface area (Å²) in [5, 5.41) is 20.9. The second-order valence-corrected chi connectivity index (χ2v) is 17.0. The van der Waals surface area contributed by atoms with Crippen LogP contribution in [0.3, 0.4) is 0 Å². The van der Waals surface area contributed by atoms with E-state index in [1.807, 2.05) is 26.0 Å². The first-order chi connectivity index (χ1) is 33.5. The second-order valence-electron chi connectivity index (χ2n) is 17.0. The number of nitrogens with one attached hydrogen (secondary N) is 2. The average Bonchev–Trinajstić information content (AvgIpc) is 3.31. The van der Waals surface area contributed by atoms with Gasteiger partial charge in [-0.3, -0.25) is 9.69 Å². The highest BCUT2D eigenvalue weighted by Crippen LogP contribution is 2.32. The molecule has 24 nitrogen and oxygen atoms in total. The third-order valence-corrected chi connectivity index (χ3v) is 11.1. The summed E-state index contributed by atoms with van der Waals surface area (Å²) in [6.45, 7) is 14.1. The first-order valence-corrected chi connectivity index (χ1v) is 23.3. The molecule has 4 aliphatic rings. The van der Waals surface area contributed by atoms with E-state index in [-0.39, 0.29) is 80.3 Å². The van der Waals surface area contributed by atoms with Gasteiger partial charge in [-0.2, -0.15) is 13.2 Å². The second kappa shape index (κ2) is 33.7. The number of hydrogen-bond acceptors (Lipinski definition) is 16. The molecule has 0 unspecified atom stereocenters. The number of nitrogens with zero attached hydrogens (tertiary/aromatic N) is 9. The molecule has 27 heteroatoms. The number of alkyl halides is 3. The Morgan fingerprint density at radius 1 is 0.803 bits per heavy atom. The number of rotatable bonds is 16. The molecular weight excluding hydrogens is 948 g/mol. The van der Waals surface area contributed by atoms with E-state index in [4.69, 9.17) is 49.4 Å². The minimum atomic E-state index is -5.08. The number of amides is 3. The number of ether oxygens (including phenoxy) is 6. The van der Waals surface area contributed by atoms with Crippen LogP contribution in [0.5, 0.6) is 0 Å². The molecule has 0 saturated carbocycles. The van der Waals surface area contributed by atoms with Gasteiger partial charge >= 0.3 is 36.3 Å². The summed E-state index contributed by atoms with van der Waals surface area (Å²) in [7, 11) is 6.54. The first-order valence-electron chi connectivity index (χ1n) is 23.3. The Bertz CT molecular complexity index is 1870. The maximum atomic E-state index is 12.4. The van der Waals surface area contributed by atoms with Crippen LogP contribution in [0, 0.1) is 11.8 Å². The molecule has 0 radical (unpaired) electrons. The largest absolute Gasteiger partial charge is 0.490 e. The number of carboxylic acids is 1. The predicted octanol–water partition coefficient (Wildman–Crippen LogP) is 5.53.